The maximum Gasteiger partial charge on any atom is 0.187 e. The van der Waals surface area contributed by atoms with E-state index in [0.717, 1.165) is 5.56 Å². The predicted molar refractivity (Wildman–Crippen MR) is 85.6 cm³/mol. The van der Waals surface area contributed by atoms with Gasteiger partial charge in [0.25, 0.3) is 0 Å². The summed E-state index contributed by atoms with van der Waals surface area (Å²) < 4.78 is 0. The Balaban J connectivity index is 2.04. The smallest absolute Gasteiger partial charge is 0.187 e. The van der Waals surface area contributed by atoms with E-state index in [4.69, 9.17) is 6.42 Å². The van der Waals surface area contributed by atoms with E-state index in [-0.39, 0.29) is 5.78 Å². The molecule has 0 amide bonds. The molecule has 0 radical (unpaired) electrons. The van der Waals surface area contributed by atoms with E-state index in [1.54, 1.807) is 24.4 Å². The molecule has 0 bridgehead atoms. The maximum absolute atomic E-state index is 12.0. The Bertz CT molecular complexity index is 638. The second-order valence-electron chi connectivity index (χ2n) is 4.64. The Morgan fingerprint density at radius 1 is 1.05 bits per heavy atom. The highest BCUT2D eigenvalue weighted by molar-refractivity contribution is 6.04. The molecule has 2 aromatic rings. The highest BCUT2D eigenvalue weighted by atomic mass is 16.1. The molecule has 2 aromatic carbocycles. The van der Waals surface area contributed by atoms with Gasteiger partial charge in [0.1, 0.15) is 0 Å². The summed E-state index contributed by atoms with van der Waals surface area (Å²) in [5.74, 6) is 2.59. The molecule has 0 aliphatic heterocycles. The summed E-state index contributed by atoms with van der Waals surface area (Å²) in [5.41, 5.74) is 1.83. The minimum atomic E-state index is -0.0225. The fourth-order valence-electron chi connectivity index (χ4n) is 1.97. The summed E-state index contributed by atoms with van der Waals surface area (Å²) in [6, 6.07) is 19.2. The molecule has 2 nitrogen and oxygen atoms in total. The van der Waals surface area contributed by atoms with Gasteiger partial charge in [-0.3, -0.25) is 4.79 Å². The monoisotopic (exact) mass is 275 g/mol. The molecule has 0 aliphatic rings. The van der Waals surface area contributed by atoms with Crippen LogP contribution in [-0.2, 0) is 6.54 Å². The number of nitrogens with zero attached hydrogens (tertiary/aromatic N) is 1. The number of carbonyl (C=O) groups is 1. The van der Waals surface area contributed by atoms with Crippen LogP contribution < -0.4 is 0 Å². The van der Waals surface area contributed by atoms with Crippen LogP contribution in [-0.4, -0.2) is 17.2 Å². The molecule has 0 saturated carbocycles. The highest BCUT2D eigenvalue weighted by Crippen LogP contribution is 2.06. The normalized spacial score (nSPS) is 10.2. The summed E-state index contributed by atoms with van der Waals surface area (Å²) in [6.07, 6.45) is 8.72. The average molecular weight is 275 g/mol. The third kappa shape index (κ3) is 4.67. The van der Waals surface area contributed by atoms with Gasteiger partial charge in [-0.15, -0.1) is 6.42 Å². The first-order valence-electron chi connectivity index (χ1n) is 6.78. The van der Waals surface area contributed by atoms with E-state index in [0.29, 0.717) is 18.7 Å². The number of hydrogen-bond donors (Lipinski definition) is 0. The maximum atomic E-state index is 12.0. The van der Waals surface area contributed by atoms with Crippen molar-refractivity contribution in [3.63, 3.8) is 0 Å². The quantitative estimate of drug-likeness (QED) is 0.457. The fraction of sp³-hybridized carbons (Fsp3) is 0.105. The topological polar surface area (TPSA) is 20.3 Å². The molecule has 0 spiro atoms. The number of benzene rings is 2. The number of carbonyl (C=O) groups excluding carboxylic acids is 1. The zero-order valence-corrected chi connectivity index (χ0v) is 11.8. The van der Waals surface area contributed by atoms with E-state index in [9.17, 15) is 4.79 Å². The molecule has 0 saturated heterocycles. The Morgan fingerprint density at radius 2 is 1.67 bits per heavy atom. The summed E-state index contributed by atoms with van der Waals surface area (Å²) in [5, 5.41) is 0. The molecule has 0 N–H and O–H groups in total. The van der Waals surface area contributed by atoms with E-state index in [2.05, 4.69) is 5.92 Å². The molecule has 0 atom stereocenters. The Hall–Kier alpha value is -2.79. The van der Waals surface area contributed by atoms with Crippen molar-refractivity contribution in [1.29, 1.82) is 0 Å². The average Bonchev–Trinajstić information content (AvgIpc) is 2.54. The van der Waals surface area contributed by atoms with Gasteiger partial charge in [0, 0.05) is 24.4 Å². The van der Waals surface area contributed by atoms with Crippen molar-refractivity contribution in [3.8, 4) is 12.3 Å². The van der Waals surface area contributed by atoms with Crippen LogP contribution in [0.2, 0.25) is 0 Å². The van der Waals surface area contributed by atoms with Crippen molar-refractivity contribution in [3.05, 3.63) is 84.1 Å². The van der Waals surface area contributed by atoms with Crippen molar-refractivity contribution in [2.45, 2.75) is 6.54 Å². The minimum absolute atomic E-state index is 0.0225. The second kappa shape index (κ2) is 7.72. The van der Waals surface area contributed by atoms with Gasteiger partial charge in [0.05, 0.1) is 6.54 Å². The lowest BCUT2D eigenvalue weighted by Crippen LogP contribution is -2.17. The summed E-state index contributed by atoms with van der Waals surface area (Å²) in [6.45, 7) is 1.15. The number of allylic oxidation sites excluding steroid dienone is 1. The summed E-state index contributed by atoms with van der Waals surface area (Å²) >= 11 is 0. The van der Waals surface area contributed by atoms with Gasteiger partial charge in [-0.25, -0.2) is 0 Å². The summed E-state index contributed by atoms with van der Waals surface area (Å²) in [7, 11) is 0. The Labute approximate surface area is 125 Å². The van der Waals surface area contributed by atoms with Gasteiger partial charge in [0.15, 0.2) is 5.78 Å². The molecule has 0 aromatic heterocycles. The Kier molecular flexibility index (Phi) is 5.37. The number of terminal acetylenes is 1. The van der Waals surface area contributed by atoms with Crippen LogP contribution in [0.4, 0.5) is 0 Å². The predicted octanol–water partition coefficient (Wildman–Crippen LogP) is 3.52. The largest absolute Gasteiger partial charge is 0.362 e. The van der Waals surface area contributed by atoms with Gasteiger partial charge in [-0.1, -0.05) is 66.6 Å². The third-order valence-corrected chi connectivity index (χ3v) is 3.02. The third-order valence-electron chi connectivity index (χ3n) is 3.02. The minimum Gasteiger partial charge on any atom is -0.362 e. The van der Waals surface area contributed by atoms with Gasteiger partial charge in [-0.05, 0) is 5.56 Å². The molecule has 0 unspecified atom stereocenters. The lowest BCUT2D eigenvalue weighted by molar-refractivity contribution is 0.104. The lowest BCUT2D eigenvalue weighted by atomic mass is 10.1. The fourth-order valence-corrected chi connectivity index (χ4v) is 1.97. The van der Waals surface area contributed by atoms with Gasteiger partial charge >= 0.3 is 0 Å². The molecular formula is C19H17NO. The van der Waals surface area contributed by atoms with Crippen molar-refractivity contribution < 1.29 is 4.79 Å². The first kappa shape index (κ1) is 14.6. The summed E-state index contributed by atoms with van der Waals surface area (Å²) in [4.78, 5) is 14.0. The van der Waals surface area contributed by atoms with Gasteiger partial charge < -0.3 is 4.90 Å². The molecule has 104 valence electrons. The van der Waals surface area contributed by atoms with Crippen molar-refractivity contribution in [1.82, 2.24) is 4.90 Å². The van der Waals surface area contributed by atoms with Crippen LogP contribution in [0.5, 0.6) is 0 Å². The van der Waals surface area contributed by atoms with Crippen LogP contribution in [0.15, 0.2) is 72.9 Å². The number of rotatable bonds is 6. The molecule has 0 aliphatic carbocycles. The molecular weight excluding hydrogens is 258 g/mol. The van der Waals surface area contributed by atoms with Gasteiger partial charge in [-0.2, -0.15) is 0 Å². The number of hydrogen-bond acceptors (Lipinski definition) is 2. The number of ketones is 1. The van der Waals surface area contributed by atoms with Gasteiger partial charge in [0.2, 0.25) is 0 Å². The zero-order valence-electron chi connectivity index (χ0n) is 11.8. The second-order valence-corrected chi connectivity index (χ2v) is 4.64. The SMILES string of the molecule is C#CCN(/C=C/C(=O)c1ccccc1)Cc1ccccc1. The van der Waals surface area contributed by atoms with Crippen LogP contribution in [0.3, 0.4) is 0 Å². The van der Waals surface area contributed by atoms with Crippen molar-refractivity contribution in [2.24, 2.45) is 0 Å². The van der Waals surface area contributed by atoms with Crippen LogP contribution >= 0.6 is 0 Å². The lowest BCUT2D eigenvalue weighted by Gasteiger charge is -2.17. The van der Waals surface area contributed by atoms with Crippen molar-refractivity contribution in [2.75, 3.05) is 6.54 Å². The standard InChI is InChI=1S/C19H17NO/c1-2-14-20(16-17-9-5-3-6-10-17)15-13-19(21)18-11-7-4-8-12-18/h1,3-13,15H,14,16H2/b15-13+. The van der Waals surface area contributed by atoms with E-state index < -0.39 is 0 Å². The molecule has 0 heterocycles. The van der Waals surface area contributed by atoms with Crippen LogP contribution in [0.25, 0.3) is 0 Å². The first-order chi connectivity index (χ1) is 10.3. The molecule has 21 heavy (non-hydrogen) atoms. The molecule has 2 rings (SSSR count). The van der Waals surface area contributed by atoms with E-state index >= 15 is 0 Å². The van der Waals surface area contributed by atoms with E-state index in [1.165, 1.54) is 0 Å². The highest BCUT2D eigenvalue weighted by Gasteiger charge is 2.03. The van der Waals surface area contributed by atoms with E-state index in [1.807, 2.05) is 53.4 Å². The van der Waals surface area contributed by atoms with Crippen LogP contribution in [0, 0.1) is 12.3 Å². The molecule has 2 heteroatoms. The molecule has 0 fully saturated rings. The zero-order chi connectivity index (χ0) is 14.9. The van der Waals surface area contributed by atoms with Crippen LogP contribution in [0.1, 0.15) is 15.9 Å². The first-order valence-corrected chi connectivity index (χ1v) is 6.78. The van der Waals surface area contributed by atoms with Crippen molar-refractivity contribution >= 4 is 5.78 Å². The Morgan fingerprint density at radius 3 is 2.29 bits per heavy atom.